The van der Waals surface area contributed by atoms with Crippen molar-refractivity contribution in [3.05, 3.63) is 75.7 Å². The topological polar surface area (TPSA) is 101 Å². The first-order valence-corrected chi connectivity index (χ1v) is 7.78. The first-order chi connectivity index (χ1) is 12.8. The molecule has 0 fully saturated rings. The van der Waals surface area contributed by atoms with E-state index in [4.69, 9.17) is 17.9 Å². The zero-order valence-electron chi connectivity index (χ0n) is 14.4. The Balaban J connectivity index is 2.21. The van der Waals surface area contributed by atoms with Crippen LogP contribution in [0.25, 0.3) is 9.69 Å². The number of hydrogen-bond donors (Lipinski definition) is 2. The van der Waals surface area contributed by atoms with Gasteiger partial charge in [-0.1, -0.05) is 18.7 Å². The molecule has 0 aliphatic heterocycles. The van der Waals surface area contributed by atoms with E-state index in [2.05, 4.69) is 21.6 Å². The van der Waals surface area contributed by atoms with Crippen LogP contribution in [-0.2, 0) is 9.53 Å². The van der Waals surface area contributed by atoms with E-state index in [-0.39, 0.29) is 35.5 Å². The van der Waals surface area contributed by atoms with Crippen LogP contribution in [0.1, 0.15) is 27.6 Å². The van der Waals surface area contributed by atoms with E-state index in [1.165, 1.54) is 25.1 Å². The minimum Gasteiger partial charge on any atom is -0.460 e. The van der Waals surface area contributed by atoms with Crippen LogP contribution in [0, 0.1) is 13.1 Å². The summed E-state index contributed by atoms with van der Waals surface area (Å²) >= 11 is 0. The van der Waals surface area contributed by atoms with Crippen LogP contribution in [0.4, 0.5) is 5.69 Å². The molecule has 8 nitrogen and oxygen atoms in total. The summed E-state index contributed by atoms with van der Waals surface area (Å²) in [5.74, 6) is -2.05. The number of aliphatic hydroxyl groups is 1. The number of rotatable bonds is 6. The zero-order chi connectivity index (χ0) is 20.1. The Morgan fingerprint density at radius 3 is 2.48 bits per heavy atom. The van der Waals surface area contributed by atoms with Gasteiger partial charge in [0.05, 0.1) is 13.1 Å². The quantitative estimate of drug-likeness (QED) is 0.454. The number of aliphatic hydroxyl groups excluding tert-OH is 1. The number of allylic oxidation sites excluding steroid dienone is 2. The summed E-state index contributed by atoms with van der Waals surface area (Å²) in [6.07, 6.45) is -1.08. The number of nitrogens with zero attached hydrogens (tertiary/aromatic N) is 2. The summed E-state index contributed by atoms with van der Waals surface area (Å²) in [4.78, 5) is 42.3. The predicted octanol–water partition coefficient (Wildman–Crippen LogP) is 2.01. The molecule has 1 aliphatic carbocycles. The molecule has 1 aromatic rings. The number of Topliss-reactive ketones (excluding diaryl/α,β-unsaturated/α-hetero) is 2. The Morgan fingerprint density at radius 1 is 1.26 bits per heavy atom. The van der Waals surface area contributed by atoms with Crippen LogP contribution < -0.4 is 5.32 Å². The van der Waals surface area contributed by atoms with E-state index < -0.39 is 35.0 Å². The van der Waals surface area contributed by atoms with Crippen molar-refractivity contribution in [1.29, 1.82) is 0 Å². The second-order valence-electron chi connectivity index (χ2n) is 5.72. The molecule has 1 aliphatic rings. The number of hydrogen-bond acceptors (Lipinski definition) is 6. The molecular formula is C19H15N3O5. The van der Waals surface area contributed by atoms with Crippen LogP contribution in [0.15, 0.2) is 41.7 Å². The van der Waals surface area contributed by atoms with Crippen LogP contribution in [0.5, 0.6) is 0 Å². The second kappa shape index (κ2) is 8.09. The third-order valence-electron chi connectivity index (χ3n) is 3.70. The average molecular weight is 365 g/mol. The molecule has 0 aromatic heterocycles. The SMILES string of the molecule is [C-]#[N+]C1=C([N+]#[C-])C(=O)c2c(NCC(O)COC(=O)C(=C)C)cccc2C1=O. The van der Waals surface area contributed by atoms with Crippen LogP contribution in [0.3, 0.4) is 0 Å². The lowest BCUT2D eigenvalue weighted by molar-refractivity contribution is -0.141. The van der Waals surface area contributed by atoms with Gasteiger partial charge in [-0.2, -0.15) is 0 Å². The summed E-state index contributed by atoms with van der Waals surface area (Å²) in [5, 5.41) is 12.7. The molecule has 2 rings (SSSR count). The number of fused-ring (bicyclic) bond motifs is 1. The van der Waals surface area contributed by atoms with Gasteiger partial charge in [-0.3, -0.25) is 0 Å². The van der Waals surface area contributed by atoms with Gasteiger partial charge in [0.2, 0.25) is 11.4 Å². The van der Waals surface area contributed by atoms with Crippen molar-refractivity contribution in [2.24, 2.45) is 0 Å². The average Bonchev–Trinajstić information content (AvgIpc) is 2.66. The van der Waals surface area contributed by atoms with Gasteiger partial charge in [-0.15, -0.1) is 0 Å². The van der Waals surface area contributed by atoms with Gasteiger partial charge in [-0.05, 0) is 13.0 Å². The number of esters is 1. The third kappa shape index (κ3) is 3.92. The normalized spacial score (nSPS) is 13.9. The van der Waals surface area contributed by atoms with Crippen molar-refractivity contribution in [2.45, 2.75) is 13.0 Å². The summed E-state index contributed by atoms with van der Waals surface area (Å²) < 4.78 is 4.84. The summed E-state index contributed by atoms with van der Waals surface area (Å²) in [6.45, 7) is 18.7. The molecule has 136 valence electrons. The molecule has 8 heteroatoms. The molecule has 0 saturated carbocycles. The van der Waals surface area contributed by atoms with Gasteiger partial charge < -0.3 is 24.7 Å². The highest BCUT2D eigenvalue weighted by molar-refractivity contribution is 6.30. The Labute approximate surface area is 155 Å². The van der Waals surface area contributed by atoms with Crippen molar-refractivity contribution in [1.82, 2.24) is 0 Å². The highest BCUT2D eigenvalue weighted by Crippen LogP contribution is 2.32. The van der Waals surface area contributed by atoms with Crippen molar-refractivity contribution < 1.29 is 24.2 Å². The van der Waals surface area contributed by atoms with E-state index in [1.807, 2.05) is 0 Å². The van der Waals surface area contributed by atoms with E-state index in [0.717, 1.165) is 0 Å². The lowest BCUT2D eigenvalue weighted by Crippen LogP contribution is -2.28. The minimum atomic E-state index is -1.08. The first-order valence-electron chi connectivity index (χ1n) is 7.78. The van der Waals surface area contributed by atoms with Gasteiger partial charge in [0, 0.05) is 28.9 Å². The molecule has 0 amide bonds. The van der Waals surface area contributed by atoms with Gasteiger partial charge in [0.15, 0.2) is 11.6 Å². The van der Waals surface area contributed by atoms with Gasteiger partial charge >= 0.3 is 5.97 Å². The maximum Gasteiger partial charge on any atom is 0.333 e. The highest BCUT2D eigenvalue weighted by Gasteiger charge is 2.35. The first kappa shape index (κ1) is 19.6. The van der Waals surface area contributed by atoms with E-state index >= 15 is 0 Å². The maximum absolute atomic E-state index is 12.6. The van der Waals surface area contributed by atoms with Gasteiger partial charge in [0.1, 0.15) is 12.7 Å². The third-order valence-corrected chi connectivity index (χ3v) is 3.70. The molecule has 0 heterocycles. The molecular weight excluding hydrogens is 350 g/mol. The summed E-state index contributed by atoms with van der Waals surface area (Å²) in [6, 6.07) is 4.43. The standard InChI is InChI=1S/C19H15N3O5/c1-10(2)19(26)27-9-11(23)8-22-13-7-5-6-12-14(13)18(25)16(21-4)15(20-3)17(12)24/h5-7,11,22-23H,1,8-9H2,2H3. The number of benzene rings is 1. The van der Waals surface area contributed by atoms with Crippen LogP contribution in [0.2, 0.25) is 0 Å². The fourth-order valence-corrected chi connectivity index (χ4v) is 2.38. The van der Waals surface area contributed by atoms with E-state index in [1.54, 1.807) is 0 Å². The predicted molar refractivity (Wildman–Crippen MR) is 95.6 cm³/mol. The highest BCUT2D eigenvalue weighted by atomic mass is 16.5. The Morgan fingerprint density at radius 2 is 1.89 bits per heavy atom. The maximum atomic E-state index is 12.6. The second-order valence-corrected chi connectivity index (χ2v) is 5.72. The van der Waals surface area contributed by atoms with Gasteiger partial charge in [-0.25, -0.2) is 14.5 Å². The lowest BCUT2D eigenvalue weighted by Gasteiger charge is -2.20. The molecule has 1 unspecified atom stereocenters. The van der Waals surface area contributed by atoms with Crippen LogP contribution in [-0.4, -0.2) is 41.9 Å². The number of ketones is 2. The number of nitrogens with one attached hydrogen (secondary N) is 1. The molecule has 0 bridgehead atoms. The van der Waals surface area contributed by atoms with Crippen LogP contribution >= 0.6 is 0 Å². The zero-order valence-corrected chi connectivity index (χ0v) is 14.4. The number of carbonyl (C=O) groups excluding carboxylic acids is 3. The molecule has 0 saturated heterocycles. The smallest absolute Gasteiger partial charge is 0.333 e. The number of ether oxygens (including phenoxy) is 1. The molecule has 2 N–H and O–H groups in total. The monoisotopic (exact) mass is 365 g/mol. The molecule has 27 heavy (non-hydrogen) atoms. The molecule has 1 atom stereocenters. The Bertz CT molecular complexity index is 963. The lowest BCUT2D eigenvalue weighted by atomic mass is 9.89. The number of carbonyl (C=O) groups is 3. The number of anilines is 1. The van der Waals surface area contributed by atoms with Crippen molar-refractivity contribution in [2.75, 3.05) is 18.5 Å². The fourth-order valence-electron chi connectivity index (χ4n) is 2.38. The Hall–Kier alpha value is -3.75. The summed E-state index contributed by atoms with van der Waals surface area (Å²) in [7, 11) is 0. The van der Waals surface area contributed by atoms with E-state index in [9.17, 15) is 19.5 Å². The van der Waals surface area contributed by atoms with E-state index in [0.29, 0.717) is 0 Å². The fraction of sp³-hybridized carbons (Fsp3) is 0.211. The molecule has 1 aromatic carbocycles. The molecule has 0 radical (unpaired) electrons. The largest absolute Gasteiger partial charge is 0.460 e. The minimum absolute atomic E-state index is 0.0200. The Kier molecular flexibility index (Phi) is 5.86. The molecule has 0 spiro atoms. The van der Waals surface area contributed by atoms with Crippen molar-refractivity contribution >= 4 is 23.2 Å². The van der Waals surface area contributed by atoms with Gasteiger partial charge in [0.25, 0.3) is 0 Å². The van der Waals surface area contributed by atoms with Crippen molar-refractivity contribution in [3.8, 4) is 0 Å². The van der Waals surface area contributed by atoms with Crippen molar-refractivity contribution in [3.63, 3.8) is 0 Å². The summed E-state index contributed by atoms with van der Waals surface area (Å²) in [5.41, 5.74) is -0.579.